The molecule has 0 aliphatic heterocycles. The highest BCUT2D eigenvalue weighted by molar-refractivity contribution is 14.1. The molecule has 0 amide bonds. The molecule has 2 N–H and O–H groups in total. The van der Waals surface area contributed by atoms with E-state index in [2.05, 4.69) is 55.8 Å². The minimum Gasteiger partial charge on any atom is -0.497 e. The lowest BCUT2D eigenvalue weighted by Gasteiger charge is -2.15. The Bertz CT molecular complexity index is 1470. The van der Waals surface area contributed by atoms with Gasteiger partial charge in [0.1, 0.15) is 5.75 Å². The zero-order valence-corrected chi connectivity index (χ0v) is 24.7. The Morgan fingerprint density at radius 3 is 1.95 bits per heavy atom. The summed E-state index contributed by atoms with van der Waals surface area (Å²) in [4.78, 5) is 26.5. The maximum absolute atomic E-state index is 13.3. The normalized spacial score (nSPS) is 10.5. The number of carbonyl (C=O) groups is 2. The Morgan fingerprint density at radius 1 is 0.676 bits per heavy atom. The molecule has 0 aliphatic rings. The molecule has 0 unspecified atom stereocenters. The first kappa shape index (κ1) is 26.9. The average Bonchev–Trinajstić information content (AvgIpc) is 2.88. The lowest BCUT2D eigenvalue weighted by molar-refractivity contribution is 0.0399. The smallest absolute Gasteiger partial charge is 0.348 e. The van der Waals surface area contributed by atoms with Gasteiger partial charge in [-0.25, -0.2) is 9.59 Å². The van der Waals surface area contributed by atoms with E-state index in [0.29, 0.717) is 17.1 Å². The summed E-state index contributed by atoms with van der Waals surface area (Å²) in [5.41, 5.74) is 5.05. The predicted octanol–water partition coefficient (Wildman–Crippen LogP) is 8.01. The van der Waals surface area contributed by atoms with E-state index in [4.69, 9.17) is 9.47 Å². The second-order valence-electron chi connectivity index (χ2n) is 8.35. The van der Waals surface area contributed by atoms with Crippen LogP contribution >= 0.6 is 45.2 Å². The van der Waals surface area contributed by atoms with E-state index >= 15 is 0 Å². The Morgan fingerprint density at radius 2 is 1.27 bits per heavy atom. The lowest BCUT2D eigenvalue weighted by Crippen LogP contribution is -2.16. The Labute approximate surface area is 243 Å². The molecule has 6 nitrogen and oxygen atoms in total. The van der Waals surface area contributed by atoms with Crippen LogP contribution in [0.4, 0.5) is 22.7 Å². The maximum atomic E-state index is 13.3. The topological polar surface area (TPSA) is 76.7 Å². The SMILES string of the molecule is COc1ccc(Nc2ccc(I)cc2)c(C(=O)OC(=O)c2cc(C)ccc2Nc2ccc(I)cc2C)c1. The number of anilines is 4. The Hall–Kier alpha value is -3.12. The number of carbonyl (C=O) groups excluding carboxylic acids is 2. The highest BCUT2D eigenvalue weighted by Crippen LogP contribution is 2.29. The van der Waals surface area contributed by atoms with Gasteiger partial charge in [-0.1, -0.05) is 11.6 Å². The highest BCUT2D eigenvalue weighted by atomic mass is 127. The summed E-state index contributed by atoms with van der Waals surface area (Å²) in [5.74, 6) is -1.06. The maximum Gasteiger partial charge on any atom is 0.348 e. The number of hydrogen-bond donors (Lipinski definition) is 2. The molecule has 0 heterocycles. The van der Waals surface area contributed by atoms with Gasteiger partial charge in [-0.3, -0.25) is 0 Å². The van der Waals surface area contributed by atoms with Crippen molar-refractivity contribution in [3.05, 3.63) is 108 Å². The summed E-state index contributed by atoms with van der Waals surface area (Å²) in [6.07, 6.45) is 0. The van der Waals surface area contributed by atoms with Crippen molar-refractivity contribution in [2.75, 3.05) is 17.7 Å². The number of hydrogen-bond acceptors (Lipinski definition) is 6. The molecule has 8 heteroatoms. The first-order valence-corrected chi connectivity index (χ1v) is 13.5. The van der Waals surface area contributed by atoms with Crippen LogP contribution in [0.5, 0.6) is 5.75 Å². The number of rotatable bonds is 7. The number of esters is 2. The zero-order chi connectivity index (χ0) is 26.5. The average molecular weight is 718 g/mol. The first-order valence-electron chi connectivity index (χ1n) is 11.3. The molecule has 0 atom stereocenters. The van der Waals surface area contributed by atoms with Gasteiger partial charge in [0, 0.05) is 18.5 Å². The third-order valence-electron chi connectivity index (χ3n) is 5.61. The van der Waals surface area contributed by atoms with Crippen LogP contribution in [-0.2, 0) is 4.74 Å². The van der Waals surface area contributed by atoms with E-state index in [0.717, 1.165) is 29.6 Å². The molecule has 0 fully saturated rings. The van der Waals surface area contributed by atoms with Crippen molar-refractivity contribution >= 4 is 79.9 Å². The number of ether oxygens (including phenoxy) is 2. The van der Waals surface area contributed by atoms with Crippen LogP contribution in [0.15, 0.2) is 78.9 Å². The van der Waals surface area contributed by atoms with Crippen LogP contribution in [-0.4, -0.2) is 19.0 Å². The molecule has 0 aromatic heterocycles. The number of benzene rings is 4. The monoisotopic (exact) mass is 718 g/mol. The summed E-state index contributed by atoms with van der Waals surface area (Å²) < 4.78 is 12.9. The van der Waals surface area contributed by atoms with Gasteiger partial charge in [-0.2, -0.15) is 0 Å². The summed E-state index contributed by atoms with van der Waals surface area (Å²) in [6.45, 7) is 3.87. The number of nitrogens with one attached hydrogen (secondary N) is 2. The van der Waals surface area contributed by atoms with Gasteiger partial charge in [-0.15, -0.1) is 0 Å². The third kappa shape index (κ3) is 6.80. The van der Waals surface area contributed by atoms with Crippen molar-refractivity contribution in [1.82, 2.24) is 0 Å². The second-order valence-corrected chi connectivity index (χ2v) is 10.8. The third-order valence-corrected chi connectivity index (χ3v) is 7.00. The molecule has 0 bridgehead atoms. The minimum atomic E-state index is -0.783. The van der Waals surface area contributed by atoms with Crippen LogP contribution < -0.4 is 15.4 Å². The molecular weight excluding hydrogens is 694 g/mol. The van der Waals surface area contributed by atoms with E-state index in [9.17, 15) is 9.59 Å². The van der Waals surface area contributed by atoms with E-state index < -0.39 is 11.9 Å². The van der Waals surface area contributed by atoms with E-state index in [1.807, 2.05) is 68.4 Å². The van der Waals surface area contributed by atoms with Crippen molar-refractivity contribution in [3.8, 4) is 5.75 Å². The molecule has 4 aromatic rings. The van der Waals surface area contributed by atoms with E-state index in [-0.39, 0.29) is 11.1 Å². The van der Waals surface area contributed by atoms with Crippen molar-refractivity contribution in [2.24, 2.45) is 0 Å². The summed E-state index contributed by atoms with van der Waals surface area (Å²) >= 11 is 4.48. The van der Waals surface area contributed by atoms with Crippen LogP contribution in [0.25, 0.3) is 0 Å². The first-order chi connectivity index (χ1) is 17.7. The Balaban J connectivity index is 1.61. The fraction of sp³-hybridized carbons (Fsp3) is 0.103. The minimum absolute atomic E-state index is 0.182. The molecule has 0 saturated carbocycles. The van der Waals surface area contributed by atoms with Crippen molar-refractivity contribution in [2.45, 2.75) is 13.8 Å². The van der Waals surface area contributed by atoms with Crippen LogP contribution in [0.3, 0.4) is 0 Å². The van der Waals surface area contributed by atoms with Crippen molar-refractivity contribution < 1.29 is 19.1 Å². The second kappa shape index (κ2) is 12.0. The fourth-order valence-electron chi connectivity index (χ4n) is 3.66. The largest absolute Gasteiger partial charge is 0.497 e. The van der Waals surface area contributed by atoms with Crippen molar-refractivity contribution in [1.29, 1.82) is 0 Å². The summed E-state index contributed by atoms with van der Waals surface area (Å²) in [7, 11) is 1.51. The molecule has 188 valence electrons. The predicted molar refractivity (Wildman–Crippen MR) is 164 cm³/mol. The highest BCUT2D eigenvalue weighted by Gasteiger charge is 2.22. The Kier molecular flexibility index (Phi) is 8.70. The van der Waals surface area contributed by atoms with Crippen LogP contribution in [0.2, 0.25) is 0 Å². The molecule has 4 rings (SSSR count). The summed E-state index contributed by atoms with van der Waals surface area (Å²) in [6, 6.07) is 24.1. The number of methoxy groups -OCH3 is 1. The van der Waals surface area contributed by atoms with Crippen LogP contribution in [0, 0.1) is 21.0 Å². The van der Waals surface area contributed by atoms with Gasteiger partial charge in [0.05, 0.1) is 29.6 Å². The van der Waals surface area contributed by atoms with E-state index in [1.54, 1.807) is 24.3 Å². The molecule has 0 spiro atoms. The molecule has 4 aromatic carbocycles. The van der Waals surface area contributed by atoms with Gasteiger partial charge < -0.3 is 20.1 Å². The molecule has 0 aliphatic carbocycles. The number of halogens is 2. The van der Waals surface area contributed by atoms with E-state index in [1.165, 1.54) is 7.11 Å². The number of aryl methyl sites for hydroxylation is 2. The summed E-state index contributed by atoms with van der Waals surface area (Å²) in [5, 5.41) is 6.53. The molecule has 37 heavy (non-hydrogen) atoms. The lowest BCUT2D eigenvalue weighted by atomic mass is 10.1. The van der Waals surface area contributed by atoms with Gasteiger partial charge in [0.25, 0.3) is 0 Å². The van der Waals surface area contributed by atoms with Gasteiger partial charge in [0.15, 0.2) is 0 Å². The van der Waals surface area contributed by atoms with Crippen molar-refractivity contribution in [3.63, 3.8) is 0 Å². The van der Waals surface area contributed by atoms with Gasteiger partial charge in [0.2, 0.25) is 0 Å². The fourth-order valence-corrected chi connectivity index (χ4v) is 4.67. The molecule has 0 saturated heterocycles. The van der Waals surface area contributed by atoms with Crippen LogP contribution in [0.1, 0.15) is 31.8 Å². The quantitative estimate of drug-likeness (QED) is 0.115. The van der Waals surface area contributed by atoms with Gasteiger partial charge >= 0.3 is 11.9 Å². The van der Waals surface area contributed by atoms with Gasteiger partial charge in [-0.05, 0) is 137 Å². The zero-order valence-electron chi connectivity index (χ0n) is 20.4. The molecular formula is C29H24I2N2O4. The molecule has 0 radical (unpaired) electrons. The standard InChI is InChI=1S/C29H24I2N2O4/c1-17-4-11-27(33-25-12-7-20(31)15-18(25)2)23(14-17)28(34)37-29(35)24-16-22(36-3)10-13-26(24)32-21-8-5-19(30)6-9-21/h4-16,32-33H,1-3H3.